The Balaban J connectivity index is 1.36. The van der Waals surface area contributed by atoms with Crippen molar-refractivity contribution in [2.24, 2.45) is 0 Å². The Morgan fingerprint density at radius 1 is 1.00 bits per heavy atom. The Morgan fingerprint density at radius 3 is 2.55 bits per heavy atom. The molecule has 31 heavy (non-hydrogen) atoms. The largest absolute Gasteiger partial charge is 0.316 e. The maximum atomic E-state index is 13.1. The normalized spacial score (nSPS) is 10.8. The number of hydrogen-bond donors (Lipinski definition) is 2. The zero-order valence-electron chi connectivity index (χ0n) is 16.1. The molecule has 10 heteroatoms. The predicted octanol–water partition coefficient (Wildman–Crippen LogP) is 5.54. The van der Waals surface area contributed by atoms with Crippen molar-refractivity contribution in [3.63, 3.8) is 0 Å². The van der Waals surface area contributed by atoms with Crippen LogP contribution in [0.2, 0.25) is 5.02 Å². The lowest BCUT2D eigenvalue weighted by Gasteiger charge is -2.07. The molecule has 0 bridgehead atoms. The molecule has 0 fully saturated rings. The first-order valence-electron chi connectivity index (χ1n) is 9.28. The summed E-state index contributed by atoms with van der Waals surface area (Å²) in [5.41, 5.74) is 1.92. The van der Waals surface area contributed by atoms with Gasteiger partial charge in [0.1, 0.15) is 5.82 Å². The lowest BCUT2D eigenvalue weighted by molar-refractivity contribution is 0.624. The molecule has 0 aliphatic carbocycles. The molecule has 0 unspecified atom stereocenters. The van der Waals surface area contributed by atoms with E-state index in [1.54, 1.807) is 21.5 Å². The molecule has 0 atom stereocenters. The van der Waals surface area contributed by atoms with E-state index < -0.39 is 0 Å². The van der Waals surface area contributed by atoms with E-state index in [4.69, 9.17) is 23.8 Å². The number of rotatable bonds is 6. The number of anilines is 2. The van der Waals surface area contributed by atoms with Gasteiger partial charge in [0.05, 0.1) is 17.6 Å². The van der Waals surface area contributed by atoms with E-state index in [1.165, 1.54) is 12.1 Å². The molecule has 2 heterocycles. The van der Waals surface area contributed by atoms with Crippen LogP contribution in [0.15, 0.2) is 71.5 Å². The third-order valence-electron chi connectivity index (χ3n) is 4.38. The number of thiocarbonyl (C=S) groups is 1. The van der Waals surface area contributed by atoms with Crippen molar-refractivity contribution in [2.75, 3.05) is 10.6 Å². The second-order valence-electron chi connectivity index (χ2n) is 6.72. The summed E-state index contributed by atoms with van der Waals surface area (Å²) in [6.07, 6.45) is 3.67. The molecule has 0 radical (unpaired) electrons. The van der Waals surface area contributed by atoms with Crippen LogP contribution in [0.4, 0.5) is 16.0 Å². The molecule has 0 spiro atoms. The number of hydrogen-bond acceptors (Lipinski definition) is 3. The molecule has 4 aromatic rings. The van der Waals surface area contributed by atoms with Gasteiger partial charge in [-0.3, -0.25) is 9.36 Å². The van der Waals surface area contributed by atoms with Gasteiger partial charge < -0.3 is 10.6 Å². The molecule has 0 amide bonds. The minimum Gasteiger partial charge on any atom is -0.316 e. The number of aromatic nitrogens is 4. The van der Waals surface area contributed by atoms with Gasteiger partial charge in [0, 0.05) is 23.5 Å². The Labute approximate surface area is 197 Å². The van der Waals surface area contributed by atoms with Gasteiger partial charge in [-0.25, -0.2) is 4.39 Å². The summed E-state index contributed by atoms with van der Waals surface area (Å²) in [6.45, 7) is 1.06. The minimum atomic E-state index is -0.265. The standard InChI is InChI=1S/C21H17BrClFN6S/c22-17-13-30(11-14-5-7-16(24)8-6-14)28-20(17)26-21(31)25-19-9-10-29(27-19)12-15-3-1-2-4-18(15)23/h1-10,13H,11-12H2,(H2,25,26,27,28,31). The van der Waals surface area contributed by atoms with E-state index in [1.807, 2.05) is 42.7 Å². The summed E-state index contributed by atoms with van der Waals surface area (Å²) < 4.78 is 17.3. The predicted molar refractivity (Wildman–Crippen MR) is 128 cm³/mol. The van der Waals surface area contributed by atoms with E-state index >= 15 is 0 Å². The van der Waals surface area contributed by atoms with Gasteiger partial charge in [0.25, 0.3) is 0 Å². The number of halogens is 3. The van der Waals surface area contributed by atoms with E-state index in [0.717, 1.165) is 15.6 Å². The molecule has 4 rings (SSSR count). The quantitative estimate of drug-likeness (QED) is 0.328. The van der Waals surface area contributed by atoms with E-state index in [2.05, 4.69) is 36.8 Å². The Bertz CT molecular complexity index is 1210. The molecule has 6 nitrogen and oxygen atoms in total. The van der Waals surface area contributed by atoms with Gasteiger partial charge in [0.2, 0.25) is 0 Å². The highest BCUT2D eigenvalue weighted by molar-refractivity contribution is 9.10. The van der Waals surface area contributed by atoms with Crippen LogP contribution >= 0.6 is 39.7 Å². The fraction of sp³-hybridized carbons (Fsp3) is 0.0952. The molecule has 0 saturated carbocycles. The smallest absolute Gasteiger partial charge is 0.177 e. The molecule has 2 aromatic carbocycles. The first-order valence-corrected chi connectivity index (χ1v) is 10.9. The van der Waals surface area contributed by atoms with E-state index in [9.17, 15) is 4.39 Å². The van der Waals surface area contributed by atoms with Crippen molar-refractivity contribution in [2.45, 2.75) is 13.1 Å². The summed E-state index contributed by atoms with van der Waals surface area (Å²) in [5.74, 6) is 0.903. The minimum absolute atomic E-state index is 0.265. The van der Waals surface area contributed by atoms with Crippen molar-refractivity contribution in [1.82, 2.24) is 19.6 Å². The maximum Gasteiger partial charge on any atom is 0.177 e. The van der Waals surface area contributed by atoms with Crippen molar-refractivity contribution in [3.8, 4) is 0 Å². The highest BCUT2D eigenvalue weighted by atomic mass is 79.9. The van der Waals surface area contributed by atoms with Crippen LogP contribution in [0.5, 0.6) is 0 Å². The molecular weight excluding hydrogens is 503 g/mol. The maximum absolute atomic E-state index is 13.1. The van der Waals surface area contributed by atoms with Crippen molar-refractivity contribution < 1.29 is 4.39 Å². The molecular formula is C21H17BrClFN6S. The second kappa shape index (κ2) is 9.59. The van der Waals surface area contributed by atoms with Crippen molar-refractivity contribution in [1.29, 1.82) is 0 Å². The van der Waals surface area contributed by atoms with Crippen molar-refractivity contribution in [3.05, 3.63) is 93.4 Å². The van der Waals surface area contributed by atoms with Crippen LogP contribution in [0.3, 0.4) is 0 Å². The summed E-state index contributed by atoms with van der Waals surface area (Å²) in [5, 5.41) is 16.1. The molecule has 158 valence electrons. The van der Waals surface area contributed by atoms with Gasteiger partial charge >= 0.3 is 0 Å². The van der Waals surface area contributed by atoms with Crippen molar-refractivity contribution >= 4 is 56.5 Å². The molecule has 2 N–H and O–H groups in total. The molecule has 0 aliphatic rings. The molecule has 0 saturated heterocycles. The second-order valence-corrected chi connectivity index (χ2v) is 8.39. The number of benzene rings is 2. The van der Waals surface area contributed by atoms with E-state index in [0.29, 0.717) is 34.9 Å². The third-order valence-corrected chi connectivity index (χ3v) is 5.53. The van der Waals surface area contributed by atoms with Gasteiger partial charge in [-0.15, -0.1) is 0 Å². The lowest BCUT2D eigenvalue weighted by Crippen LogP contribution is -2.20. The average Bonchev–Trinajstić information content (AvgIpc) is 3.31. The molecule has 2 aromatic heterocycles. The van der Waals surface area contributed by atoms with Crippen LogP contribution in [-0.2, 0) is 13.1 Å². The number of nitrogens with one attached hydrogen (secondary N) is 2. The highest BCUT2D eigenvalue weighted by Crippen LogP contribution is 2.21. The van der Waals surface area contributed by atoms with Crippen LogP contribution in [0.25, 0.3) is 0 Å². The summed E-state index contributed by atoms with van der Waals surface area (Å²) in [4.78, 5) is 0. The fourth-order valence-corrected chi connectivity index (χ4v) is 3.72. The first kappa shape index (κ1) is 21.5. The Kier molecular flexibility index (Phi) is 6.64. The van der Waals surface area contributed by atoms with E-state index in [-0.39, 0.29) is 5.82 Å². The zero-order valence-corrected chi connectivity index (χ0v) is 19.3. The fourth-order valence-electron chi connectivity index (χ4n) is 2.91. The Hall–Kier alpha value is -2.75. The van der Waals surface area contributed by atoms with Gasteiger partial charge in [-0.1, -0.05) is 41.9 Å². The topological polar surface area (TPSA) is 59.7 Å². The van der Waals surface area contributed by atoms with Crippen LogP contribution in [0, 0.1) is 5.82 Å². The van der Waals surface area contributed by atoms with Gasteiger partial charge in [-0.2, -0.15) is 10.2 Å². The van der Waals surface area contributed by atoms with Crippen LogP contribution in [0.1, 0.15) is 11.1 Å². The highest BCUT2D eigenvalue weighted by Gasteiger charge is 2.10. The monoisotopic (exact) mass is 518 g/mol. The zero-order chi connectivity index (χ0) is 21.8. The lowest BCUT2D eigenvalue weighted by atomic mass is 10.2. The SMILES string of the molecule is Fc1ccc(Cn2cc(Br)c(NC(=S)Nc3ccn(Cc4ccccc4Cl)n3)n2)cc1. The summed E-state index contributed by atoms with van der Waals surface area (Å²) in [6, 6.07) is 15.8. The molecule has 0 aliphatic heterocycles. The van der Waals surface area contributed by atoms with Gasteiger partial charge in [-0.05, 0) is 57.5 Å². The first-order chi connectivity index (χ1) is 15.0. The summed E-state index contributed by atoms with van der Waals surface area (Å²) in [7, 11) is 0. The van der Waals surface area contributed by atoms with Gasteiger partial charge in [0.15, 0.2) is 16.7 Å². The van der Waals surface area contributed by atoms with Crippen LogP contribution in [-0.4, -0.2) is 24.7 Å². The number of nitrogens with zero attached hydrogens (tertiary/aromatic N) is 4. The third kappa shape index (κ3) is 5.69. The van der Waals surface area contributed by atoms with Crippen LogP contribution < -0.4 is 10.6 Å². The Morgan fingerprint density at radius 2 is 1.77 bits per heavy atom. The summed E-state index contributed by atoms with van der Waals surface area (Å²) >= 11 is 15.1. The average molecular weight is 520 g/mol.